The average molecular weight is 302 g/mol. The molecule has 1 aliphatic rings. The van der Waals surface area contributed by atoms with Gasteiger partial charge in [-0.25, -0.2) is 9.59 Å². The van der Waals surface area contributed by atoms with Gasteiger partial charge < -0.3 is 31.1 Å². The Hall–Kier alpha value is -2.36. The Morgan fingerprint density at radius 2 is 1.76 bits per heavy atom. The molecule has 0 saturated carbocycles. The molecular weight excluding hydrogens is 284 g/mol. The Balaban J connectivity index is 2.36. The minimum atomic E-state index is -1.54. The third-order valence-corrected chi connectivity index (χ3v) is 2.85. The molecular formula is C11H18N4O6. The van der Waals surface area contributed by atoms with Crippen LogP contribution in [0.4, 0.5) is 4.79 Å². The minimum absolute atomic E-state index is 0.273. The number of aliphatic carboxylic acids is 2. The number of piperazine rings is 1. The van der Waals surface area contributed by atoms with Gasteiger partial charge in [-0.2, -0.15) is 0 Å². The Labute approximate surface area is 120 Å². The van der Waals surface area contributed by atoms with Crippen molar-refractivity contribution in [3.8, 4) is 0 Å². The molecule has 0 bridgehead atoms. The summed E-state index contributed by atoms with van der Waals surface area (Å²) in [7, 11) is 0. The summed E-state index contributed by atoms with van der Waals surface area (Å²) in [5.74, 6) is -3.09. The lowest BCUT2D eigenvalue weighted by molar-refractivity contribution is -0.145. The van der Waals surface area contributed by atoms with E-state index in [4.69, 9.17) is 10.2 Å². The van der Waals surface area contributed by atoms with E-state index in [0.29, 0.717) is 26.2 Å². The number of carbonyl (C=O) groups is 4. The number of carboxylic acid groups (broad SMARTS) is 2. The summed E-state index contributed by atoms with van der Waals surface area (Å²) in [6, 6.07) is -2.44. The zero-order chi connectivity index (χ0) is 15.8. The summed E-state index contributed by atoms with van der Waals surface area (Å²) in [6.07, 6.45) is -0.742. The van der Waals surface area contributed by atoms with Crippen LogP contribution in [0.3, 0.4) is 0 Å². The molecule has 1 fully saturated rings. The molecule has 0 unspecified atom stereocenters. The first kappa shape index (κ1) is 16.7. The van der Waals surface area contributed by atoms with Crippen molar-refractivity contribution in [2.75, 3.05) is 32.7 Å². The summed E-state index contributed by atoms with van der Waals surface area (Å²) in [6.45, 7) is 2.16. The minimum Gasteiger partial charge on any atom is -0.481 e. The van der Waals surface area contributed by atoms with Crippen LogP contribution in [0.15, 0.2) is 0 Å². The summed E-state index contributed by atoms with van der Waals surface area (Å²) in [5.41, 5.74) is 0. The van der Waals surface area contributed by atoms with E-state index in [9.17, 15) is 19.2 Å². The van der Waals surface area contributed by atoms with Crippen LogP contribution in [0, 0.1) is 0 Å². The van der Waals surface area contributed by atoms with Gasteiger partial charge in [0.05, 0.1) is 13.0 Å². The van der Waals surface area contributed by atoms with E-state index in [1.807, 2.05) is 5.32 Å². The Kier molecular flexibility index (Phi) is 6.40. The van der Waals surface area contributed by atoms with Crippen molar-refractivity contribution in [1.29, 1.82) is 0 Å². The van der Waals surface area contributed by atoms with Crippen LogP contribution in [0.5, 0.6) is 0 Å². The third-order valence-electron chi connectivity index (χ3n) is 2.85. The van der Waals surface area contributed by atoms with Crippen molar-refractivity contribution < 1.29 is 29.4 Å². The first-order valence-electron chi connectivity index (χ1n) is 6.37. The highest BCUT2D eigenvalue weighted by Crippen LogP contribution is 1.94. The average Bonchev–Trinajstić information content (AvgIpc) is 2.44. The first-order chi connectivity index (χ1) is 9.90. The number of carboxylic acids is 2. The van der Waals surface area contributed by atoms with Crippen molar-refractivity contribution in [3.05, 3.63) is 0 Å². The lowest BCUT2D eigenvalue weighted by Crippen LogP contribution is -2.52. The molecule has 0 aromatic rings. The standard InChI is InChI=1S/C11H18N4O6/c16-8(15-3-1-12-2-4-15)6-13-11(21)14-7(10(19)20)5-9(17)18/h7,12H,1-6H2,(H,17,18)(H,19,20)(H2,13,14,21)/t7-/m0/s1. The third kappa shape index (κ3) is 6.08. The molecule has 0 aliphatic carbocycles. The van der Waals surface area contributed by atoms with Crippen LogP contribution in [-0.4, -0.2) is 77.8 Å². The molecule has 1 aliphatic heterocycles. The van der Waals surface area contributed by atoms with E-state index >= 15 is 0 Å². The van der Waals surface area contributed by atoms with Crippen LogP contribution in [0.1, 0.15) is 6.42 Å². The van der Waals surface area contributed by atoms with Gasteiger partial charge in [0.15, 0.2) is 0 Å². The second kappa shape index (κ2) is 8.04. The smallest absolute Gasteiger partial charge is 0.326 e. The molecule has 0 aromatic carbocycles. The molecule has 5 N–H and O–H groups in total. The second-order valence-corrected chi connectivity index (χ2v) is 4.45. The molecule has 1 atom stereocenters. The second-order valence-electron chi connectivity index (χ2n) is 4.45. The molecule has 0 spiro atoms. The van der Waals surface area contributed by atoms with E-state index in [1.54, 1.807) is 4.90 Å². The van der Waals surface area contributed by atoms with Crippen molar-refractivity contribution in [2.24, 2.45) is 0 Å². The van der Waals surface area contributed by atoms with Gasteiger partial charge in [0.25, 0.3) is 0 Å². The van der Waals surface area contributed by atoms with Gasteiger partial charge in [-0.15, -0.1) is 0 Å². The number of hydrogen-bond donors (Lipinski definition) is 5. The number of amides is 3. The molecule has 10 heteroatoms. The molecule has 3 amide bonds. The summed E-state index contributed by atoms with van der Waals surface area (Å²) < 4.78 is 0. The van der Waals surface area contributed by atoms with Crippen LogP contribution < -0.4 is 16.0 Å². The van der Waals surface area contributed by atoms with E-state index in [2.05, 4.69) is 10.6 Å². The fourth-order valence-corrected chi connectivity index (χ4v) is 1.77. The maximum absolute atomic E-state index is 11.7. The lowest BCUT2D eigenvalue weighted by Gasteiger charge is -2.27. The fourth-order valence-electron chi connectivity index (χ4n) is 1.77. The van der Waals surface area contributed by atoms with E-state index in [-0.39, 0.29) is 12.5 Å². The van der Waals surface area contributed by atoms with E-state index < -0.39 is 30.4 Å². The van der Waals surface area contributed by atoms with E-state index in [0.717, 1.165) is 0 Å². The highest BCUT2D eigenvalue weighted by molar-refractivity contribution is 5.88. The predicted molar refractivity (Wildman–Crippen MR) is 69.7 cm³/mol. The highest BCUT2D eigenvalue weighted by atomic mass is 16.4. The molecule has 1 rings (SSSR count). The van der Waals surface area contributed by atoms with Gasteiger partial charge in [0.1, 0.15) is 6.04 Å². The molecule has 118 valence electrons. The van der Waals surface area contributed by atoms with Crippen LogP contribution in [0.2, 0.25) is 0 Å². The van der Waals surface area contributed by atoms with E-state index in [1.165, 1.54) is 0 Å². The predicted octanol–water partition coefficient (Wildman–Crippen LogP) is -2.35. The van der Waals surface area contributed by atoms with Crippen LogP contribution >= 0.6 is 0 Å². The lowest BCUT2D eigenvalue weighted by atomic mass is 10.2. The molecule has 0 radical (unpaired) electrons. The summed E-state index contributed by atoms with van der Waals surface area (Å²) >= 11 is 0. The number of nitrogens with zero attached hydrogens (tertiary/aromatic N) is 1. The Morgan fingerprint density at radius 1 is 1.14 bits per heavy atom. The van der Waals surface area contributed by atoms with Crippen molar-refractivity contribution in [2.45, 2.75) is 12.5 Å². The van der Waals surface area contributed by atoms with Gasteiger partial charge in [0.2, 0.25) is 5.91 Å². The van der Waals surface area contributed by atoms with Gasteiger partial charge in [-0.05, 0) is 0 Å². The molecule has 1 heterocycles. The number of hydrogen-bond acceptors (Lipinski definition) is 5. The van der Waals surface area contributed by atoms with Crippen molar-refractivity contribution in [3.63, 3.8) is 0 Å². The zero-order valence-corrected chi connectivity index (χ0v) is 11.3. The quantitative estimate of drug-likeness (QED) is 0.369. The number of carbonyl (C=O) groups excluding carboxylic acids is 2. The van der Waals surface area contributed by atoms with Gasteiger partial charge in [0, 0.05) is 26.2 Å². The SMILES string of the molecule is O=C(O)C[C@H](NC(=O)NCC(=O)N1CCNCC1)C(=O)O. The largest absolute Gasteiger partial charge is 0.481 e. The van der Waals surface area contributed by atoms with Crippen molar-refractivity contribution in [1.82, 2.24) is 20.9 Å². The van der Waals surface area contributed by atoms with Gasteiger partial charge >= 0.3 is 18.0 Å². The van der Waals surface area contributed by atoms with Crippen molar-refractivity contribution >= 4 is 23.9 Å². The monoisotopic (exact) mass is 302 g/mol. The fraction of sp³-hybridized carbons (Fsp3) is 0.636. The molecule has 21 heavy (non-hydrogen) atoms. The zero-order valence-electron chi connectivity index (χ0n) is 11.3. The van der Waals surface area contributed by atoms with Gasteiger partial charge in [-0.3, -0.25) is 9.59 Å². The topological polar surface area (TPSA) is 148 Å². The Morgan fingerprint density at radius 3 is 2.29 bits per heavy atom. The first-order valence-corrected chi connectivity index (χ1v) is 6.37. The highest BCUT2D eigenvalue weighted by Gasteiger charge is 2.23. The molecule has 10 nitrogen and oxygen atoms in total. The van der Waals surface area contributed by atoms with Crippen LogP contribution in [0.25, 0.3) is 0 Å². The number of urea groups is 1. The maximum atomic E-state index is 11.7. The summed E-state index contributed by atoms with van der Waals surface area (Å²) in [4.78, 5) is 46.0. The molecule has 1 saturated heterocycles. The van der Waals surface area contributed by atoms with Crippen LogP contribution in [-0.2, 0) is 14.4 Å². The number of nitrogens with one attached hydrogen (secondary N) is 3. The van der Waals surface area contributed by atoms with Gasteiger partial charge in [-0.1, -0.05) is 0 Å². The maximum Gasteiger partial charge on any atom is 0.326 e. The normalized spacial score (nSPS) is 15.9. The number of rotatable bonds is 6. The Bertz CT molecular complexity index is 421. The molecule has 0 aromatic heterocycles. The summed E-state index contributed by atoms with van der Waals surface area (Å²) in [5, 5.41) is 24.6.